The molecule has 1 saturated carbocycles. The average molecular weight is 288 g/mol. The van der Waals surface area contributed by atoms with Gasteiger partial charge in [-0.2, -0.15) is 0 Å². The number of imidazole rings is 1. The van der Waals surface area contributed by atoms with Crippen molar-refractivity contribution in [3.63, 3.8) is 0 Å². The van der Waals surface area contributed by atoms with Crippen molar-refractivity contribution in [2.45, 2.75) is 79.1 Å². The van der Waals surface area contributed by atoms with E-state index in [4.69, 9.17) is 4.98 Å². The molecule has 0 aromatic carbocycles. The smallest absolute Gasteiger partial charge is 0.109 e. The molecule has 0 radical (unpaired) electrons. The second-order valence-corrected chi connectivity index (χ2v) is 8.82. The summed E-state index contributed by atoms with van der Waals surface area (Å²) in [4.78, 5) is 8.69. The molecule has 2 aliphatic rings. The highest BCUT2D eigenvalue weighted by Crippen LogP contribution is 2.43. The van der Waals surface area contributed by atoms with Crippen molar-refractivity contribution in [3.8, 4) is 0 Å². The van der Waals surface area contributed by atoms with E-state index in [1.54, 1.807) is 0 Å². The molecule has 21 heavy (non-hydrogen) atoms. The van der Waals surface area contributed by atoms with Gasteiger partial charge in [0.25, 0.3) is 0 Å². The minimum Gasteiger partial charge on any atom is -0.345 e. The fourth-order valence-corrected chi connectivity index (χ4v) is 4.26. The lowest BCUT2D eigenvalue weighted by atomic mass is 9.70. The van der Waals surface area contributed by atoms with Gasteiger partial charge in [-0.15, -0.1) is 0 Å². The zero-order valence-corrected chi connectivity index (χ0v) is 14.5. The van der Waals surface area contributed by atoms with E-state index < -0.39 is 0 Å². The van der Waals surface area contributed by atoms with Crippen molar-refractivity contribution < 1.29 is 0 Å². The number of hydrogen-bond acceptors (Lipinski definition) is 1. The Hall–Kier alpha value is -0.790. The summed E-state index contributed by atoms with van der Waals surface area (Å²) in [5.41, 5.74) is 3.28. The van der Waals surface area contributed by atoms with Gasteiger partial charge in [0.2, 0.25) is 0 Å². The monoisotopic (exact) mass is 288 g/mol. The zero-order valence-electron chi connectivity index (χ0n) is 14.5. The van der Waals surface area contributed by atoms with E-state index in [1.165, 1.54) is 55.7 Å². The third-order valence-corrected chi connectivity index (χ3v) is 6.23. The summed E-state index contributed by atoms with van der Waals surface area (Å²) in [6.45, 7) is 11.9. The summed E-state index contributed by atoms with van der Waals surface area (Å²) in [5, 5.41) is 0. The zero-order chi connectivity index (χ0) is 15.2. The molecule has 0 spiro atoms. The van der Waals surface area contributed by atoms with Gasteiger partial charge in [-0.05, 0) is 61.7 Å². The van der Waals surface area contributed by atoms with Crippen LogP contribution in [0.4, 0.5) is 0 Å². The van der Waals surface area contributed by atoms with Crippen LogP contribution in [0.15, 0.2) is 0 Å². The lowest BCUT2D eigenvalue weighted by molar-refractivity contribution is 0.167. The predicted molar refractivity (Wildman–Crippen MR) is 88.5 cm³/mol. The Labute approximate surface area is 130 Å². The molecule has 118 valence electrons. The molecule has 0 aliphatic heterocycles. The van der Waals surface area contributed by atoms with Crippen molar-refractivity contribution >= 4 is 0 Å². The van der Waals surface area contributed by atoms with Gasteiger partial charge >= 0.3 is 0 Å². The van der Waals surface area contributed by atoms with Crippen molar-refractivity contribution in [2.75, 3.05) is 0 Å². The normalized spacial score (nSPS) is 33.8. The van der Waals surface area contributed by atoms with Crippen LogP contribution in [0.1, 0.15) is 83.4 Å². The molecule has 0 bridgehead atoms. The standard InChI is InChI=1S/C19H32N2/c1-12-10-16-17(11-13(12)2)21-18(20-16)14-6-8-15(9-7-14)19(3,4)5/h12-15H,6-11H2,1-5H3,(H,20,21). The Morgan fingerprint density at radius 3 is 2.19 bits per heavy atom. The molecule has 1 heterocycles. The Kier molecular flexibility index (Phi) is 3.92. The third kappa shape index (κ3) is 3.05. The Balaban J connectivity index is 1.68. The topological polar surface area (TPSA) is 28.7 Å². The maximum atomic E-state index is 4.99. The first-order chi connectivity index (χ1) is 9.84. The quantitative estimate of drug-likeness (QED) is 0.765. The van der Waals surface area contributed by atoms with Gasteiger partial charge in [0.1, 0.15) is 5.82 Å². The molecule has 2 heteroatoms. The highest BCUT2D eigenvalue weighted by Gasteiger charge is 2.32. The van der Waals surface area contributed by atoms with Crippen LogP contribution in [0, 0.1) is 23.2 Å². The fraction of sp³-hybridized carbons (Fsp3) is 0.842. The number of hydrogen-bond donors (Lipinski definition) is 1. The highest BCUT2D eigenvalue weighted by atomic mass is 15.0. The largest absolute Gasteiger partial charge is 0.345 e. The molecular formula is C19H32N2. The lowest BCUT2D eigenvalue weighted by Gasteiger charge is -2.36. The lowest BCUT2D eigenvalue weighted by Crippen LogP contribution is -2.25. The van der Waals surface area contributed by atoms with E-state index >= 15 is 0 Å². The van der Waals surface area contributed by atoms with E-state index in [-0.39, 0.29) is 0 Å². The summed E-state index contributed by atoms with van der Waals surface area (Å²) in [5.74, 6) is 4.44. The molecule has 1 aromatic rings. The number of nitrogens with one attached hydrogen (secondary N) is 1. The number of aromatic nitrogens is 2. The van der Waals surface area contributed by atoms with Gasteiger partial charge in [0.15, 0.2) is 0 Å². The van der Waals surface area contributed by atoms with Gasteiger partial charge in [-0.1, -0.05) is 34.6 Å². The number of rotatable bonds is 1. The first-order valence-corrected chi connectivity index (χ1v) is 8.92. The minimum absolute atomic E-state index is 0.470. The highest BCUT2D eigenvalue weighted by molar-refractivity contribution is 5.21. The summed E-state index contributed by atoms with van der Waals surface area (Å²) in [7, 11) is 0. The fourth-order valence-electron chi connectivity index (χ4n) is 4.26. The molecule has 2 unspecified atom stereocenters. The molecule has 1 fully saturated rings. The number of aromatic amines is 1. The van der Waals surface area contributed by atoms with Crippen molar-refractivity contribution in [3.05, 3.63) is 17.2 Å². The number of fused-ring (bicyclic) bond motifs is 1. The minimum atomic E-state index is 0.470. The van der Waals surface area contributed by atoms with Crippen LogP contribution < -0.4 is 0 Å². The van der Waals surface area contributed by atoms with E-state index in [0.717, 1.165) is 17.8 Å². The maximum absolute atomic E-state index is 4.99. The first-order valence-electron chi connectivity index (χ1n) is 8.92. The van der Waals surface area contributed by atoms with Crippen molar-refractivity contribution in [1.82, 2.24) is 9.97 Å². The van der Waals surface area contributed by atoms with E-state index in [9.17, 15) is 0 Å². The van der Waals surface area contributed by atoms with Crippen LogP contribution in [0.3, 0.4) is 0 Å². The molecule has 2 nitrogen and oxygen atoms in total. The second kappa shape index (κ2) is 5.44. The molecule has 1 N–H and O–H groups in total. The Bertz CT molecular complexity index is 459. The molecule has 1 aromatic heterocycles. The molecular weight excluding hydrogens is 256 g/mol. The summed E-state index contributed by atoms with van der Waals surface area (Å²) < 4.78 is 0. The van der Waals surface area contributed by atoms with Gasteiger partial charge < -0.3 is 4.98 Å². The summed E-state index contributed by atoms with van der Waals surface area (Å²) >= 11 is 0. The SMILES string of the molecule is CC1Cc2nc(C3CCC(C(C)(C)C)CC3)[nH]c2CC1C. The molecule has 2 aliphatic carbocycles. The van der Waals surface area contributed by atoms with Gasteiger partial charge in [0, 0.05) is 11.6 Å². The van der Waals surface area contributed by atoms with E-state index in [0.29, 0.717) is 11.3 Å². The molecule has 3 rings (SSSR count). The Morgan fingerprint density at radius 1 is 0.952 bits per heavy atom. The van der Waals surface area contributed by atoms with Crippen LogP contribution in [0.2, 0.25) is 0 Å². The van der Waals surface area contributed by atoms with E-state index in [2.05, 4.69) is 39.6 Å². The Morgan fingerprint density at radius 2 is 1.57 bits per heavy atom. The average Bonchev–Trinajstić information content (AvgIpc) is 2.81. The van der Waals surface area contributed by atoms with Crippen LogP contribution in [-0.4, -0.2) is 9.97 Å². The summed E-state index contributed by atoms with van der Waals surface area (Å²) in [6, 6.07) is 0. The van der Waals surface area contributed by atoms with Crippen LogP contribution in [0.25, 0.3) is 0 Å². The van der Waals surface area contributed by atoms with Gasteiger partial charge in [0.05, 0.1) is 5.69 Å². The van der Waals surface area contributed by atoms with Crippen LogP contribution >= 0.6 is 0 Å². The predicted octanol–water partition coefficient (Wildman–Crippen LogP) is 5.10. The second-order valence-electron chi connectivity index (χ2n) is 8.82. The third-order valence-electron chi connectivity index (χ3n) is 6.23. The van der Waals surface area contributed by atoms with Crippen LogP contribution in [0.5, 0.6) is 0 Å². The van der Waals surface area contributed by atoms with Crippen molar-refractivity contribution in [1.29, 1.82) is 0 Å². The molecule has 2 atom stereocenters. The number of nitrogens with zero attached hydrogens (tertiary/aromatic N) is 1. The first kappa shape index (κ1) is 15.1. The van der Waals surface area contributed by atoms with Crippen LogP contribution in [-0.2, 0) is 12.8 Å². The van der Waals surface area contributed by atoms with Gasteiger partial charge in [-0.3, -0.25) is 0 Å². The summed E-state index contributed by atoms with van der Waals surface area (Å²) in [6.07, 6.45) is 7.74. The molecule has 0 amide bonds. The maximum Gasteiger partial charge on any atom is 0.109 e. The van der Waals surface area contributed by atoms with E-state index in [1.807, 2.05) is 0 Å². The van der Waals surface area contributed by atoms with Gasteiger partial charge in [-0.25, -0.2) is 4.98 Å². The number of H-pyrrole nitrogens is 1. The molecule has 0 saturated heterocycles. The van der Waals surface area contributed by atoms with Crippen molar-refractivity contribution in [2.24, 2.45) is 23.2 Å².